The van der Waals surface area contributed by atoms with E-state index in [1.807, 2.05) is 43.3 Å². The molecule has 0 saturated heterocycles. The summed E-state index contributed by atoms with van der Waals surface area (Å²) >= 11 is 3.45. The highest BCUT2D eigenvalue weighted by Crippen LogP contribution is 2.29. The zero-order valence-electron chi connectivity index (χ0n) is 18.2. The molecule has 1 heterocycles. The Morgan fingerprint density at radius 2 is 1.76 bits per heavy atom. The van der Waals surface area contributed by atoms with Crippen molar-refractivity contribution < 1.29 is 18.0 Å². The van der Waals surface area contributed by atoms with Crippen LogP contribution in [0.4, 0.5) is 13.2 Å². The minimum absolute atomic E-state index is 0.203. The summed E-state index contributed by atoms with van der Waals surface area (Å²) in [5.41, 5.74) is 5.95. The summed E-state index contributed by atoms with van der Waals surface area (Å²) in [5.74, 6) is -0.494. The fraction of sp³-hybridized carbons (Fsp3) is 0.154. The van der Waals surface area contributed by atoms with Crippen LogP contribution >= 0.6 is 15.9 Å². The molecule has 4 aromatic rings. The largest absolute Gasteiger partial charge is 0.416 e. The number of halogens is 4. The minimum Gasteiger partial charge on any atom is -0.340 e. The van der Waals surface area contributed by atoms with Crippen molar-refractivity contribution in [2.24, 2.45) is 5.10 Å². The van der Waals surface area contributed by atoms with Gasteiger partial charge in [-0.3, -0.25) is 4.79 Å². The van der Waals surface area contributed by atoms with Crippen LogP contribution in [-0.2, 0) is 23.9 Å². The number of carbonyl (C=O) groups is 1. The van der Waals surface area contributed by atoms with Crippen molar-refractivity contribution >= 4 is 39.0 Å². The molecule has 0 bridgehead atoms. The average molecular weight is 528 g/mol. The predicted molar refractivity (Wildman–Crippen MR) is 131 cm³/mol. The van der Waals surface area contributed by atoms with Gasteiger partial charge in [-0.05, 0) is 42.3 Å². The van der Waals surface area contributed by atoms with Crippen LogP contribution in [0.25, 0.3) is 10.9 Å². The number of hydrazone groups is 1. The molecule has 0 saturated carbocycles. The van der Waals surface area contributed by atoms with E-state index in [0.29, 0.717) is 6.54 Å². The molecular weight excluding hydrogens is 507 g/mol. The highest BCUT2D eigenvalue weighted by atomic mass is 79.9. The first kappa shape index (κ1) is 23.8. The summed E-state index contributed by atoms with van der Waals surface area (Å²) in [6.45, 7) is 2.67. The van der Waals surface area contributed by atoms with E-state index in [1.165, 1.54) is 12.1 Å². The summed E-state index contributed by atoms with van der Waals surface area (Å²) in [5, 5.41) is 5.08. The Morgan fingerprint density at radius 1 is 1.03 bits per heavy atom. The summed E-state index contributed by atoms with van der Waals surface area (Å²) < 4.78 is 41.9. The van der Waals surface area contributed by atoms with Crippen molar-refractivity contribution in [1.82, 2.24) is 9.99 Å². The number of aromatic nitrogens is 1. The lowest BCUT2D eigenvalue weighted by atomic mass is 10.1. The maximum Gasteiger partial charge on any atom is 0.416 e. The first-order chi connectivity index (χ1) is 16.2. The molecule has 0 aliphatic heterocycles. The molecule has 4 rings (SSSR count). The molecular formula is C26H21BrF3N3O. The van der Waals surface area contributed by atoms with E-state index in [1.54, 1.807) is 6.21 Å². The third kappa shape index (κ3) is 5.39. The second-order valence-electron chi connectivity index (χ2n) is 7.90. The molecule has 0 unspecified atom stereocenters. The normalized spacial score (nSPS) is 11.9. The Labute approximate surface area is 203 Å². The second-order valence-corrected chi connectivity index (χ2v) is 8.81. The lowest BCUT2D eigenvalue weighted by Gasteiger charge is -2.09. The Hall–Kier alpha value is -3.39. The molecule has 0 fully saturated rings. The first-order valence-electron chi connectivity index (χ1n) is 10.5. The molecule has 0 aliphatic carbocycles. The van der Waals surface area contributed by atoms with Crippen LogP contribution in [-0.4, -0.2) is 16.7 Å². The summed E-state index contributed by atoms with van der Waals surface area (Å²) in [4.78, 5) is 12.3. The van der Waals surface area contributed by atoms with Crippen molar-refractivity contribution in [2.75, 3.05) is 0 Å². The number of benzene rings is 3. The van der Waals surface area contributed by atoms with Crippen molar-refractivity contribution in [3.8, 4) is 0 Å². The van der Waals surface area contributed by atoms with Gasteiger partial charge in [-0.1, -0.05) is 64.5 Å². The first-order valence-corrected chi connectivity index (χ1v) is 11.3. The molecule has 1 aromatic heterocycles. The number of fused-ring (bicyclic) bond motifs is 1. The van der Waals surface area contributed by atoms with E-state index in [-0.39, 0.29) is 12.0 Å². The zero-order valence-corrected chi connectivity index (χ0v) is 19.8. The van der Waals surface area contributed by atoms with Gasteiger partial charge in [0.1, 0.15) is 0 Å². The van der Waals surface area contributed by atoms with Crippen LogP contribution in [0.15, 0.2) is 82.4 Å². The van der Waals surface area contributed by atoms with Gasteiger partial charge in [-0.25, -0.2) is 5.43 Å². The number of para-hydroxylation sites is 1. The lowest BCUT2D eigenvalue weighted by Crippen LogP contribution is -2.20. The smallest absolute Gasteiger partial charge is 0.340 e. The van der Waals surface area contributed by atoms with Crippen LogP contribution in [0.1, 0.15) is 27.9 Å². The number of amides is 1. The van der Waals surface area contributed by atoms with Crippen LogP contribution in [0.2, 0.25) is 0 Å². The van der Waals surface area contributed by atoms with Gasteiger partial charge < -0.3 is 4.57 Å². The van der Waals surface area contributed by atoms with Crippen molar-refractivity contribution in [3.05, 3.63) is 105 Å². The van der Waals surface area contributed by atoms with E-state index in [2.05, 4.69) is 43.2 Å². The maximum absolute atomic E-state index is 12.9. The molecule has 0 atom stereocenters. The monoisotopic (exact) mass is 527 g/mol. The quantitative estimate of drug-likeness (QED) is 0.226. The topological polar surface area (TPSA) is 46.4 Å². The van der Waals surface area contributed by atoms with Gasteiger partial charge in [0, 0.05) is 33.2 Å². The SMILES string of the molecule is Cc1c(/C=N/NC(=O)Cc2cccc(C(F)(F)F)c2)c2ccccc2n1Cc1ccc(Br)cc1. The van der Waals surface area contributed by atoms with Crippen LogP contribution < -0.4 is 5.43 Å². The number of rotatable bonds is 6. The van der Waals surface area contributed by atoms with Gasteiger partial charge in [-0.2, -0.15) is 18.3 Å². The van der Waals surface area contributed by atoms with Crippen molar-refractivity contribution in [3.63, 3.8) is 0 Å². The molecule has 34 heavy (non-hydrogen) atoms. The molecule has 0 spiro atoms. The molecule has 4 nitrogen and oxygen atoms in total. The van der Waals surface area contributed by atoms with Gasteiger partial charge in [0.2, 0.25) is 5.91 Å². The fourth-order valence-electron chi connectivity index (χ4n) is 3.85. The minimum atomic E-state index is -4.45. The third-order valence-electron chi connectivity index (χ3n) is 5.54. The molecule has 174 valence electrons. The highest BCUT2D eigenvalue weighted by molar-refractivity contribution is 9.10. The number of nitrogens with one attached hydrogen (secondary N) is 1. The van der Waals surface area contributed by atoms with E-state index >= 15 is 0 Å². The number of carbonyl (C=O) groups excluding carboxylic acids is 1. The summed E-state index contributed by atoms with van der Waals surface area (Å²) in [6, 6.07) is 20.8. The van der Waals surface area contributed by atoms with E-state index < -0.39 is 17.6 Å². The Bertz CT molecular complexity index is 1360. The molecule has 1 N–H and O–H groups in total. The number of hydrogen-bond donors (Lipinski definition) is 1. The standard InChI is InChI=1S/C26H21BrF3N3O/c1-17-23(15-31-32-25(34)14-19-5-4-6-20(13-19)26(28,29)30)22-7-2-3-8-24(22)33(17)16-18-9-11-21(27)12-10-18/h2-13,15H,14,16H2,1H3,(H,32,34)/b31-15+. The Balaban J connectivity index is 1.52. The van der Waals surface area contributed by atoms with Gasteiger partial charge in [0.05, 0.1) is 18.2 Å². The number of hydrogen-bond acceptors (Lipinski definition) is 2. The lowest BCUT2D eigenvalue weighted by molar-refractivity contribution is -0.137. The maximum atomic E-state index is 12.9. The molecule has 0 radical (unpaired) electrons. The Kier molecular flexibility index (Phi) is 6.88. The molecule has 0 aliphatic rings. The van der Waals surface area contributed by atoms with Gasteiger partial charge in [0.15, 0.2) is 0 Å². The predicted octanol–water partition coefficient (Wildman–Crippen LogP) is 6.47. The summed E-state index contributed by atoms with van der Waals surface area (Å²) in [6.07, 6.45) is -3.07. The number of alkyl halides is 3. The average Bonchev–Trinajstić information content (AvgIpc) is 3.06. The molecule has 3 aromatic carbocycles. The third-order valence-corrected chi connectivity index (χ3v) is 6.06. The second kappa shape index (κ2) is 9.85. The molecule has 8 heteroatoms. The number of nitrogens with zero attached hydrogens (tertiary/aromatic N) is 2. The Morgan fingerprint density at radius 3 is 2.50 bits per heavy atom. The highest BCUT2D eigenvalue weighted by Gasteiger charge is 2.30. The van der Waals surface area contributed by atoms with Crippen LogP contribution in [0.5, 0.6) is 0 Å². The van der Waals surface area contributed by atoms with Gasteiger partial charge in [-0.15, -0.1) is 0 Å². The molecule has 1 amide bonds. The van der Waals surface area contributed by atoms with E-state index in [0.717, 1.165) is 44.3 Å². The van der Waals surface area contributed by atoms with Crippen molar-refractivity contribution in [1.29, 1.82) is 0 Å². The van der Waals surface area contributed by atoms with Crippen LogP contribution in [0, 0.1) is 6.92 Å². The van der Waals surface area contributed by atoms with Gasteiger partial charge in [0.25, 0.3) is 0 Å². The zero-order chi connectivity index (χ0) is 24.3. The van der Waals surface area contributed by atoms with E-state index in [4.69, 9.17) is 0 Å². The fourth-order valence-corrected chi connectivity index (χ4v) is 4.11. The van der Waals surface area contributed by atoms with Crippen LogP contribution in [0.3, 0.4) is 0 Å². The van der Waals surface area contributed by atoms with E-state index in [9.17, 15) is 18.0 Å². The van der Waals surface area contributed by atoms with Gasteiger partial charge >= 0.3 is 6.18 Å². The van der Waals surface area contributed by atoms with Crippen molar-refractivity contribution in [2.45, 2.75) is 26.1 Å². The summed E-state index contributed by atoms with van der Waals surface area (Å²) in [7, 11) is 0.